The molecule has 1 aliphatic carbocycles. The average Bonchev–Trinajstić information content (AvgIpc) is 3.03. The molecule has 2 atom stereocenters. The van der Waals surface area contributed by atoms with Crippen molar-refractivity contribution in [1.29, 1.82) is 0 Å². The second-order valence-electron chi connectivity index (χ2n) is 6.63. The van der Waals surface area contributed by atoms with E-state index in [4.69, 9.17) is 0 Å². The second kappa shape index (κ2) is 7.45. The summed E-state index contributed by atoms with van der Waals surface area (Å²) in [6, 6.07) is 7.64. The summed E-state index contributed by atoms with van der Waals surface area (Å²) in [5.74, 6) is 0.193. The van der Waals surface area contributed by atoms with Gasteiger partial charge in [0, 0.05) is 36.0 Å². The molecular weight excluding hydrogens is 320 g/mol. The third kappa shape index (κ3) is 3.84. The predicted octanol–water partition coefficient (Wildman–Crippen LogP) is 3.74. The second-order valence-corrected chi connectivity index (χ2v) is 7.69. The minimum absolute atomic E-state index is 0.00146. The number of aliphatic hydroxyl groups is 1. The van der Waals surface area contributed by atoms with Crippen LogP contribution in [0, 0.1) is 12.8 Å². The summed E-state index contributed by atoms with van der Waals surface area (Å²) in [6.07, 6.45) is 3.80. The average molecular weight is 344 g/mol. The molecule has 3 rings (SSSR count). The van der Waals surface area contributed by atoms with Gasteiger partial charge in [0.15, 0.2) is 0 Å². The maximum atomic E-state index is 12.7. The van der Waals surface area contributed by atoms with E-state index in [0.29, 0.717) is 12.1 Å². The zero-order chi connectivity index (χ0) is 17.1. The minimum atomic E-state index is -0.279. The Morgan fingerprint density at radius 3 is 2.88 bits per heavy atom. The largest absolute Gasteiger partial charge is 0.393 e. The molecule has 1 heterocycles. The Morgan fingerprint density at radius 2 is 2.17 bits per heavy atom. The van der Waals surface area contributed by atoms with E-state index in [-0.39, 0.29) is 17.9 Å². The summed E-state index contributed by atoms with van der Waals surface area (Å²) in [7, 11) is 1.82. The molecule has 2 unspecified atom stereocenters. The van der Waals surface area contributed by atoms with E-state index in [1.807, 2.05) is 43.6 Å². The van der Waals surface area contributed by atoms with Crippen LogP contribution < -0.4 is 0 Å². The molecule has 0 aliphatic heterocycles. The van der Waals surface area contributed by atoms with Crippen molar-refractivity contribution < 1.29 is 9.90 Å². The van der Waals surface area contributed by atoms with Crippen LogP contribution in [0.3, 0.4) is 0 Å². The lowest BCUT2D eigenvalue weighted by Crippen LogP contribution is -2.38. The Bertz CT molecular complexity index is 713. The predicted molar refractivity (Wildman–Crippen MR) is 97.2 cm³/mol. The van der Waals surface area contributed by atoms with Crippen LogP contribution in [0.15, 0.2) is 29.6 Å². The highest BCUT2D eigenvalue weighted by Crippen LogP contribution is 2.26. The fraction of sp³-hybridized carbons (Fsp3) is 0.474. The Balaban J connectivity index is 1.72. The van der Waals surface area contributed by atoms with Gasteiger partial charge in [0.25, 0.3) is 5.91 Å². The van der Waals surface area contributed by atoms with Crippen molar-refractivity contribution in [3.8, 4) is 11.3 Å². The lowest BCUT2D eigenvalue weighted by Gasteiger charge is -2.31. The molecule has 0 saturated heterocycles. The summed E-state index contributed by atoms with van der Waals surface area (Å²) in [5, 5.41) is 13.2. The first-order chi connectivity index (χ1) is 11.5. The normalized spacial score (nSPS) is 20.8. The Kier molecular flexibility index (Phi) is 5.31. The zero-order valence-corrected chi connectivity index (χ0v) is 15.1. The van der Waals surface area contributed by atoms with E-state index in [1.165, 1.54) is 0 Å². The molecule has 0 bridgehead atoms. The van der Waals surface area contributed by atoms with Crippen molar-refractivity contribution in [3.63, 3.8) is 0 Å². The van der Waals surface area contributed by atoms with Gasteiger partial charge in [-0.1, -0.05) is 25.0 Å². The van der Waals surface area contributed by atoms with Crippen LogP contribution >= 0.6 is 11.3 Å². The monoisotopic (exact) mass is 344 g/mol. The van der Waals surface area contributed by atoms with Crippen LogP contribution in [-0.2, 0) is 0 Å². The van der Waals surface area contributed by atoms with Gasteiger partial charge in [-0.25, -0.2) is 4.98 Å². The van der Waals surface area contributed by atoms with E-state index in [9.17, 15) is 9.90 Å². The fourth-order valence-corrected chi connectivity index (χ4v) is 3.99. The van der Waals surface area contributed by atoms with Crippen molar-refractivity contribution in [3.05, 3.63) is 40.2 Å². The van der Waals surface area contributed by atoms with E-state index in [0.717, 1.165) is 41.9 Å². The van der Waals surface area contributed by atoms with E-state index in [1.54, 1.807) is 16.2 Å². The number of thiazole rings is 1. The first-order valence-corrected chi connectivity index (χ1v) is 9.38. The van der Waals surface area contributed by atoms with Crippen LogP contribution in [0.5, 0.6) is 0 Å². The number of benzene rings is 1. The Hall–Kier alpha value is -1.72. The summed E-state index contributed by atoms with van der Waals surface area (Å²) >= 11 is 1.61. The van der Waals surface area contributed by atoms with Crippen molar-refractivity contribution in [1.82, 2.24) is 9.88 Å². The number of carbonyl (C=O) groups excluding carboxylic acids is 1. The van der Waals surface area contributed by atoms with Gasteiger partial charge in [-0.2, -0.15) is 0 Å². The Labute approximate surface area is 147 Å². The van der Waals surface area contributed by atoms with Crippen LogP contribution in [-0.4, -0.2) is 40.6 Å². The Morgan fingerprint density at radius 1 is 1.38 bits per heavy atom. The molecule has 1 fully saturated rings. The number of amides is 1. The zero-order valence-electron chi connectivity index (χ0n) is 14.2. The van der Waals surface area contributed by atoms with Crippen LogP contribution in [0.1, 0.15) is 41.0 Å². The minimum Gasteiger partial charge on any atom is -0.393 e. The van der Waals surface area contributed by atoms with E-state index in [2.05, 4.69) is 4.98 Å². The van der Waals surface area contributed by atoms with Crippen LogP contribution in [0.25, 0.3) is 11.3 Å². The molecule has 0 spiro atoms. The summed E-state index contributed by atoms with van der Waals surface area (Å²) in [4.78, 5) is 19.0. The van der Waals surface area contributed by atoms with Gasteiger partial charge in [-0.05, 0) is 31.9 Å². The number of hydrogen-bond donors (Lipinski definition) is 1. The highest BCUT2D eigenvalue weighted by atomic mass is 32.1. The number of aliphatic hydroxyl groups excluding tert-OH is 1. The summed E-state index contributed by atoms with van der Waals surface area (Å²) < 4.78 is 0. The summed E-state index contributed by atoms with van der Waals surface area (Å²) in [5.41, 5.74) is 2.56. The van der Waals surface area contributed by atoms with Crippen LogP contribution in [0.2, 0.25) is 0 Å². The highest BCUT2D eigenvalue weighted by Gasteiger charge is 2.26. The number of hydrogen-bond acceptors (Lipinski definition) is 4. The van der Waals surface area contributed by atoms with Crippen molar-refractivity contribution in [2.24, 2.45) is 5.92 Å². The molecule has 1 amide bonds. The van der Waals surface area contributed by atoms with Gasteiger partial charge >= 0.3 is 0 Å². The fourth-order valence-electron chi connectivity index (χ4n) is 3.36. The van der Waals surface area contributed by atoms with Crippen LogP contribution in [0.4, 0.5) is 0 Å². The molecule has 1 N–H and O–H groups in total. The van der Waals surface area contributed by atoms with Gasteiger partial charge in [-0.15, -0.1) is 11.3 Å². The molecule has 5 heteroatoms. The van der Waals surface area contributed by atoms with Gasteiger partial charge in [0.2, 0.25) is 0 Å². The third-order valence-corrected chi connectivity index (χ3v) is 5.52. The molecule has 1 aromatic carbocycles. The number of rotatable bonds is 4. The molecule has 0 radical (unpaired) electrons. The van der Waals surface area contributed by atoms with Crippen molar-refractivity contribution in [2.75, 3.05) is 13.6 Å². The van der Waals surface area contributed by atoms with E-state index < -0.39 is 0 Å². The van der Waals surface area contributed by atoms with Gasteiger partial charge in [0.05, 0.1) is 16.8 Å². The first-order valence-electron chi connectivity index (χ1n) is 8.50. The molecule has 1 aliphatic rings. The van der Waals surface area contributed by atoms with Crippen molar-refractivity contribution >= 4 is 17.2 Å². The number of carbonyl (C=O) groups is 1. The maximum Gasteiger partial charge on any atom is 0.253 e. The lowest BCUT2D eigenvalue weighted by molar-refractivity contribution is 0.0451. The molecular formula is C19H24N2O2S. The van der Waals surface area contributed by atoms with Gasteiger partial charge in [0.1, 0.15) is 0 Å². The topological polar surface area (TPSA) is 53.4 Å². The molecule has 1 aromatic heterocycles. The summed E-state index contributed by atoms with van der Waals surface area (Å²) in [6.45, 7) is 2.59. The van der Waals surface area contributed by atoms with Gasteiger partial charge in [-0.3, -0.25) is 4.79 Å². The molecule has 24 heavy (non-hydrogen) atoms. The number of aromatic nitrogens is 1. The third-order valence-electron chi connectivity index (χ3n) is 4.75. The maximum absolute atomic E-state index is 12.7. The molecule has 1 saturated carbocycles. The first kappa shape index (κ1) is 17.1. The molecule has 4 nitrogen and oxygen atoms in total. The van der Waals surface area contributed by atoms with Crippen molar-refractivity contribution in [2.45, 2.75) is 38.7 Å². The SMILES string of the molecule is Cc1nc(-c2cccc(C(=O)N(C)CC3CCCCC3O)c2)cs1. The molecule has 128 valence electrons. The standard InChI is InChI=1S/C19H24N2O2S/c1-13-20-17(12-24-13)14-7-5-8-15(10-14)19(23)21(2)11-16-6-3-4-9-18(16)22/h5,7-8,10,12,16,18,22H,3-4,6,9,11H2,1-2H3. The smallest absolute Gasteiger partial charge is 0.253 e. The number of aryl methyl sites for hydroxylation is 1. The van der Waals surface area contributed by atoms with E-state index >= 15 is 0 Å². The lowest BCUT2D eigenvalue weighted by atomic mass is 9.86. The quantitative estimate of drug-likeness (QED) is 0.919. The number of nitrogens with zero attached hydrogens (tertiary/aromatic N) is 2. The molecule has 2 aromatic rings. The highest BCUT2D eigenvalue weighted by molar-refractivity contribution is 7.09. The van der Waals surface area contributed by atoms with Gasteiger partial charge < -0.3 is 10.0 Å².